The van der Waals surface area contributed by atoms with E-state index in [-0.39, 0.29) is 11.9 Å². The highest BCUT2D eigenvalue weighted by Crippen LogP contribution is 2.32. The summed E-state index contributed by atoms with van der Waals surface area (Å²) < 4.78 is 11.2. The maximum absolute atomic E-state index is 12.6. The van der Waals surface area contributed by atoms with Gasteiger partial charge in [0.15, 0.2) is 11.5 Å². The third kappa shape index (κ3) is 6.70. The van der Waals surface area contributed by atoms with Crippen LogP contribution in [0.1, 0.15) is 57.3 Å². The summed E-state index contributed by atoms with van der Waals surface area (Å²) in [5.41, 5.74) is 2.14. The van der Waals surface area contributed by atoms with Gasteiger partial charge in [0.05, 0.1) is 25.5 Å². The molecule has 2 aromatic rings. The average molecular weight is 440 g/mol. The van der Waals surface area contributed by atoms with Crippen LogP contribution in [-0.4, -0.2) is 42.6 Å². The fourth-order valence-corrected chi connectivity index (χ4v) is 4.45. The van der Waals surface area contributed by atoms with E-state index in [1.807, 2.05) is 37.4 Å². The third-order valence-corrected chi connectivity index (χ3v) is 5.86. The van der Waals surface area contributed by atoms with E-state index in [2.05, 4.69) is 41.2 Å². The van der Waals surface area contributed by atoms with Crippen LogP contribution >= 0.6 is 0 Å². The first-order valence-corrected chi connectivity index (χ1v) is 11.7. The van der Waals surface area contributed by atoms with Crippen LogP contribution in [-0.2, 0) is 11.3 Å². The third-order valence-electron chi connectivity index (χ3n) is 5.86. The van der Waals surface area contributed by atoms with Crippen molar-refractivity contribution in [2.45, 2.75) is 52.6 Å². The Balaban J connectivity index is 1.72. The van der Waals surface area contributed by atoms with Gasteiger partial charge in [-0.15, -0.1) is 0 Å². The molecule has 2 heterocycles. The van der Waals surface area contributed by atoms with Crippen LogP contribution in [0.25, 0.3) is 0 Å². The highest BCUT2D eigenvalue weighted by Gasteiger charge is 2.30. The zero-order valence-electron chi connectivity index (χ0n) is 19.8. The van der Waals surface area contributed by atoms with Gasteiger partial charge in [0.1, 0.15) is 0 Å². The van der Waals surface area contributed by atoms with Gasteiger partial charge >= 0.3 is 0 Å². The molecule has 1 aromatic carbocycles. The van der Waals surface area contributed by atoms with Crippen LogP contribution in [0.5, 0.6) is 11.5 Å². The normalized spacial score (nSPS) is 17.7. The van der Waals surface area contributed by atoms with Gasteiger partial charge in [-0.25, -0.2) is 0 Å². The number of amides is 1. The molecule has 0 unspecified atom stereocenters. The smallest absolute Gasteiger partial charge is 0.220 e. The molecule has 1 aliphatic rings. The number of ether oxygens (including phenoxy) is 2. The summed E-state index contributed by atoms with van der Waals surface area (Å²) in [6.07, 6.45) is 4.52. The van der Waals surface area contributed by atoms with Crippen molar-refractivity contribution in [3.63, 3.8) is 0 Å². The molecular formula is C26H37N3O3. The molecule has 32 heavy (non-hydrogen) atoms. The molecule has 0 aliphatic carbocycles. The van der Waals surface area contributed by atoms with Crippen LogP contribution in [0.2, 0.25) is 0 Å². The Kier molecular flexibility index (Phi) is 8.91. The number of nitrogens with one attached hydrogen (secondary N) is 1. The summed E-state index contributed by atoms with van der Waals surface area (Å²) in [5.74, 6) is 2.30. The predicted octanol–water partition coefficient (Wildman–Crippen LogP) is 4.60. The van der Waals surface area contributed by atoms with E-state index in [0.717, 1.165) is 49.7 Å². The lowest BCUT2D eigenvalue weighted by atomic mass is 9.88. The highest BCUT2D eigenvalue weighted by atomic mass is 16.5. The van der Waals surface area contributed by atoms with Gasteiger partial charge in [0.2, 0.25) is 5.91 Å². The molecule has 6 heteroatoms. The number of carbonyl (C=O) groups is 1. The number of carbonyl (C=O) groups excluding carboxylic acids is 1. The minimum atomic E-state index is -0.0693. The van der Waals surface area contributed by atoms with Crippen molar-refractivity contribution in [2.24, 2.45) is 11.8 Å². The van der Waals surface area contributed by atoms with E-state index in [1.54, 1.807) is 7.11 Å². The van der Waals surface area contributed by atoms with Crippen LogP contribution in [0.4, 0.5) is 0 Å². The number of hydrogen-bond acceptors (Lipinski definition) is 5. The van der Waals surface area contributed by atoms with Crippen LogP contribution in [0, 0.1) is 11.8 Å². The molecule has 0 radical (unpaired) electrons. The minimum absolute atomic E-state index is 0.0693. The summed E-state index contributed by atoms with van der Waals surface area (Å²) in [6, 6.07) is 12.0. The van der Waals surface area contributed by atoms with Crippen molar-refractivity contribution in [3.8, 4) is 11.5 Å². The fourth-order valence-electron chi connectivity index (χ4n) is 4.45. The van der Waals surface area contributed by atoms with Gasteiger partial charge in [-0.05, 0) is 68.0 Å². The Morgan fingerprint density at radius 3 is 2.78 bits per heavy atom. The fraction of sp³-hybridized carbons (Fsp3) is 0.538. The lowest BCUT2D eigenvalue weighted by Gasteiger charge is -2.37. The predicted molar refractivity (Wildman–Crippen MR) is 127 cm³/mol. The van der Waals surface area contributed by atoms with E-state index < -0.39 is 0 Å². The van der Waals surface area contributed by atoms with Crippen LogP contribution in [0.15, 0.2) is 42.6 Å². The average Bonchev–Trinajstić information content (AvgIpc) is 2.79. The number of nitrogens with zero attached hydrogens (tertiary/aromatic N) is 2. The summed E-state index contributed by atoms with van der Waals surface area (Å²) in [7, 11) is 1.68. The number of pyridine rings is 1. The maximum atomic E-state index is 12.6. The first kappa shape index (κ1) is 24.1. The zero-order valence-corrected chi connectivity index (χ0v) is 19.8. The number of likely N-dealkylation sites (tertiary alicyclic amines) is 1. The minimum Gasteiger partial charge on any atom is -0.493 e. The largest absolute Gasteiger partial charge is 0.493 e. The Bertz CT molecular complexity index is 857. The molecule has 3 rings (SSSR count). The van der Waals surface area contributed by atoms with E-state index in [9.17, 15) is 4.79 Å². The molecule has 1 aliphatic heterocycles. The Morgan fingerprint density at radius 1 is 1.25 bits per heavy atom. The molecule has 1 N–H and O–H groups in total. The number of piperidine rings is 1. The van der Waals surface area contributed by atoms with Crippen LogP contribution < -0.4 is 14.8 Å². The SMILES string of the molecule is CCOc1ccc(CN2CCC[C@@H]([C@@H](NC(=O)CC(C)C)c3ccccn3)C2)cc1OC. The number of benzene rings is 1. The topological polar surface area (TPSA) is 63.7 Å². The van der Waals surface area contributed by atoms with E-state index in [4.69, 9.17) is 9.47 Å². The standard InChI is InChI=1S/C26H37N3O3/c1-5-32-23-12-11-20(16-24(23)31-4)17-29-14-8-9-21(18-29)26(22-10-6-7-13-27-22)28-25(30)15-19(2)3/h6-7,10-13,16,19,21,26H,5,8-9,14-15,17-18H2,1-4H3,(H,28,30)/t21-,26-/m1/s1. The Morgan fingerprint density at radius 2 is 2.09 bits per heavy atom. The van der Waals surface area contributed by atoms with Crippen molar-refractivity contribution >= 4 is 5.91 Å². The zero-order chi connectivity index (χ0) is 22.9. The molecule has 174 valence electrons. The van der Waals surface area contributed by atoms with Crippen molar-refractivity contribution < 1.29 is 14.3 Å². The number of rotatable bonds is 10. The van der Waals surface area contributed by atoms with Gasteiger partial charge < -0.3 is 14.8 Å². The van der Waals surface area contributed by atoms with Crippen LogP contribution in [0.3, 0.4) is 0 Å². The Labute approximate surface area is 192 Å². The van der Waals surface area contributed by atoms with Gasteiger partial charge in [-0.1, -0.05) is 26.0 Å². The lowest BCUT2D eigenvalue weighted by Crippen LogP contribution is -2.43. The van der Waals surface area contributed by atoms with Gasteiger partial charge in [0.25, 0.3) is 0 Å². The monoisotopic (exact) mass is 439 g/mol. The number of aromatic nitrogens is 1. The second-order valence-electron chi connectivity index (χ2n) is 8.95. The summed E-state index contributed by atoms with van der Waals surface area (Å²) in [6.45, 7) is 9.53. The molecule has 1 fully saturated rings. The first-order valence-electron chi connectivity index (χ1n) is 11.7. The molecule has 1 aromatic heterocycles. The second kappa shape index (κ2) is 11.9. The number of methoxy groups -OCH3 is 1. The molecule has 0 bridgehead atoms. The van der Waals surface area contributed by atoms with E-state index in [0.29, 0.717) is 24.9 Å². The second-order valence-corrected chi connectivity index (χ2v) is 8.95. The van der Waals surface area contributed by atoms with Crippen molar-refractivity contribution in [3.05, 3.63) is 53.9 Å². The molecule has 2 atom stereocenters. The van der Waals surface area contributed by atoms with E-state index in [1.165, 1.54) is 5.56 Å². The molecule has 1 saturated heterocycles. The lowest BCUT2D eigenvalue weighted by molar-refractivity contribution is -0.123. The van der Waals surface area contributed by atoms with Gasteiger partial charge in [0, 0.05) is 25.7 Å². The Hall–Kier alpha value is -2.60. The molecule has 0 spiro atoms. The van der Waals surface area contributed by atoms with Crippen molar-refractivity contribution in [1.29, 1.82) is 0 Å². The van der Waals surface area contributed by atoms with E-state index >= 15 is 0 Å². The van der Waals surface area contributed by atoms with Crippen molar-refractivity contribution in [2.75, 3.05) is 26.8 Å². The first-order chi connectivity index (χ1) is 15.5. The number of hydrogen-bond donors (Lipinski definition) is 1. The maximum Gasteiger partial charge on any atom is 0.220 e. The van der Waals surface area contributed by atoms with Gasteiger partial charge in [-0.3, -0.25) is 14.7 Å². The summed E-state index contributed by atoms with van der Waals surface area (Å²) >= 11 is 0. The van der Waals surface area contributed by atoms with Crippen molar-refractivity contribution in [1.82, 2.24) is 15.2 Å². The highest BCUT2D eigenvalue weighted by molar-refractivity contribution is 5.76. The molecular weight excluding hydrogens is 402 g/mol. The summed E-state index contributed by atoms with van der Waals surface area (Å²) in [5, 5.41) is 3.29. The quantitative estimate of drug-likeness (QED) is 0.586. The van der Waals surface area contributed by atoms with Gasteiger partial charge in [-0.2, -0.15) is 0 Å². The molecule has 1 amide bonds. The molecule has 0 saturated carbocycles. The molecule has 6 nitrogen and oxygen atoms in total. The summed E-state index contributed by atoms with van der Waals surface area (Å²) in [4.78, 5) is 19.7.